The van der Waals surface area contributed by atoms with E-state index in [1.807, 2.05) is 0 Å². The third kappa shape index (κ3) is 4.21. The molecule has 0 fully saturated rings. The summed E-state index contributed by atoms with van der Waals surface area (Å²) in [6, 6.07) is 2.91. The highest BCUT2D eigenvalue weighted by molar-refractivity contribution is 6.05. The van der Waals surface area contributed by atoms with Crippen molar-refractivity contribution in [3.05, 3.63) is 39.2 Å². The third-order valence-corrected chi connectivity index (χ3v) is 4.34. The molecule has 0 saturated heterocycles. The maximum Gasteiger partial charge on any atom is 0.328 e. The Hall–Kier alpha value is -3.96. The molecule has 30 heavy (non-hydrogen) atoms. The van der Waals surface area contributed by atoms with Crippen molar-refractivity contribution in [1.82, 2.24) is 9.78 Å². The summed E-state index contributed by atoms with van der Waals surface area (Å²) in [5.74, 6) is -1.01. The van der Waals surface area contributed by atoms with Gasteiger partial charge in [-0.1, -0.05) is 0 Å². The summed E-state index contributed by atoms with van der Waals surface area (Å²) in [4.78, 5) is 46.5. The van der Waals surface area contributed by atoms with Gasteiger partial charge in [0.25, 0.3) is 5.91 Å². The van der Waals surface area contributed by atoms with Gasteiger partial charge in [0, 0.05) is 11.6 Å². The first-order chi connectivity index (χ1) is 14.2. The van der Waals surface area contributed by atoms with E-state index in [0.29, 0.717) is 11.5 Å². The number of ether oxygens (including phenoxy) is 3. The molecule has 0 spiro atoms. The predicted octanol–water partition coefficient (Wildman–Crippen LogP) is 1.52. The Morgan fingerprint density at radius 1 is 1.27 bits per heavy atom. The molecule has 158 valence electrons. The Balaban J connectivity index is 1.62. The van der Waals surface area contributed by atoms with Crippen LogP contribution in [-0.4, -0.2) is 45.8 Å². The number of esters is 1. The molecule has 0 unspecified atom stereocenters. The standard InChI is InChI=1S/C18H18N4O8/c1-9-18(22(26)27)10(2)21(20-9)6-17(25)28-7-16(24)19-13-5-15-14(29-8-30-15)4-12(13)11(3)23/h4-5H,6-8H2,1-3H3,(H,19,24). The van der Waals surface area contributed by atoms with Gasteiger partial charge in [-0.2, -0.15) is 5.10 Å². The number of fused-ring (bicyclic) bond motifs is 1. The molecular weight excluding hydrogens is 400 g/mol. The van der Waals surface area contributed by atoms with Crippen molar-refractivity contribution >= 4 is 29.0 Å². The highest BCUT2D eigenvalue weighted by Gasteiger charge is 2.24. The number of hydrogen-bond acceptors (Lipinski definition) is 9. The molecule has 1 aliphatic heterocycles. The highest BCUT2D eigenvalue weighted by Crippen LogP contribution is 2.37. The Bertz CT molecular complexity index is 1060. The average molecular weight is 418 g/mol. The number of carbonyl (C=O) groups is 3. The molecule has 1 aliphatic rings. The Labute approximate surface area is 169 Å². The molecular formula is C18H18N4O8. The number of nitro groups is 1. The third-order valence-electron chi connectivity index (χ3n) is 4.34. The maximum absolute atomic E-state index is 12.2. The van der Waals surface area contributed by atoms with Crippen LogP contribution < -0.4 is 14.8 Å². The fourth-order valence-corrected chi connectivity index (χ4v) is 2.94. The summed E-state index contributed by atoms with van der Waals surface area (Å²) in [5, 5.41) is 17.5. The van der Waals surface area contributed by atoms with E-state index in [-0.39, 0.29) is 40.9 Å². The van der Waals surface area contributed by atoms with Crippen LogP contribution in [0.15, 0.2) is 12.1 Å². The fraction of sp³-hybridized carbons (Fsp3) is 0.333. The quantitative estimate of drug-likeness (QED) is 0.305. The zero-order valence-corrected chi connectivity index (χ0v) is 16.4. The number of amides is 1. The normalized spacial score (nSPS) is 11.8. The van der Waals surface area contributed by atoms with E-state index in [9.17, 15) is 24.5 Å². The number of nitrogens with one attached hydrogen (secondary N) is 1. The molecule has 1 aromatic heterocycles. The van der Waals surface area contributed by atoms with Gasteiger partial charge in [-0.15, -0.1) is 0 Å². The van der Waals surface area contributed by atoms with Crippen molar-refractivity contribution in [2.45, 2.75) is 27.3 Å². The van der Waals surface area contributed by atoms with Crippen molar-refractivity contribution < 1.29 is 33.5 Å². The lowest BCUT2D eigenvalue weighted by molar-refractivity contribution is -0.386. The second kappa shape index (κ2) is 8.19. The molecule has 0 radical (unpaired) electrons. The summed E-state index contributed by atoms with van der Waals surface area (Å²) in [6.45, 7) is 3.24. The van der Waals surface area contributed by atoms with E-state index in [1.54, 1.807) is 0 Å². The second-order valence-electron chi connectivity index (χ2n) is 6.45. The lowest BCUT2D eigenvalue weighted by Crippen LogP contribution is -2.24. The van der Waals surface area contributed by atoms with Gasteiger partial charge in [-0.05, 0) is 26.8 Å². The minimum atomic E-state index is -0.803. The maximum atomic E-state index is 12.2. The zero-order valence-electron chi connectivity index (χ0n) is 16.4. The number of nitrogens with zero attached hydrogens (tertiary/aromatic N) is 3. The van der Waals surface area contributed by atoms with E-state index in [4.69, 9.17) is 14.2 Å². The molecule has 0 aliphatic carbocycles. The van der Waals surface area contributed by atoms with Crippen LogP contribution in [0.5, 0.6) is 11.5 Å². The molecule has 0 atom stereocenters. The van der Waals surface area contributed by atoms with Crippen molar-refractivity contribution in [1.29, 1.82) is 0 Å². The topological polar surface area (TPSA) is 152 Å². The summed E-state index contributed by atoms with van der Waals surface area (Å²) in [5.41, 5.74) is 0.601. The molecule has 12 nitrogen and oxygen atoms in total. The van der Waals surface area contributed by atoms with Crippen LogP contribution in [0.3, 0.4) is 0 Å². The Kier molecular flexibility index (Phi) is 5.67. The van der Waals surface area contributed by atoms with Crippen LogP contribution in [0, 0.1) is 24.0 Å². The number of anilines is 1. The smallest absolute Gasteiger partial charge is 0.328 e. The number of aryl methyl sites for hydroxylation is 1. The van der Waals surface area contributed by atoms with E-state index in [2.05, 4.69) is 10.4 Å². The summed E-state index contributed by atoms with van der Waals surface area (Å²) >= 11 is 0. The number of hydrogen-bond donors (Lipinski definition) is 1. The number of benzene rings is 1. The number of carbonyl (C=O) groups excluding carboxylic acids is 3. The average Bonchev–Trinajstić information content (AvgIpc) is 3.22. The summed E-state index contributed by atoms with van der Waals surface area (Å²) in [7, 11) is 0. The van der Waals surface area contributed by atoms with Crippen LogP contribution >= 0.6 is 0 Å². The first-order valence-corrected chi connectivity index (χ1v) is 8.75. The molecule has 3 rings (SSSR count). The van der Waals surface area contributed by atoms with Gasteiger partial charge in [0.15, 0.2) is 23.9 Å². The van der Waals surface area contributed by atoms with Gasteiger partial charge in [0.1, 0.15) is 17.9 Å². The fourth-order valence-electron chi connectivity index (χ4n) is 2.94. The molecule has 1 N–H and O–H groups in total. The molecule has 0 saturated carbocycles. The number of ketones is 1. The van der Waals surface area contributed by atoms with Crippen molar-refractivity contribution in [2.24, 2.45) is 0 Å². The van der Waals surface area contributed by atoms with Crippen LogP contribution in [0.2, 0.25) is 0 Å². The molecule has 1 amide bonds. The largest absolute Gasteiger partial charge is 0.454 e. The SMILES string of the molecule is CC(=O)c1cc2c(cc1NC(=O)COC(=O)Cn1nc(C)c([N+](=O)[O-])c1C)OCO2. The number of Topliss-reactive ketones (excluding diaryl/α,β-unsaturated/α-hetero) is 1. The molecule has 0 bridgehead atoms. The van der Waals surface area contributed by atoms with Gasteiger partial charge < -0.3 is 19.5 Å². The minimum absolute atomic E-state index is 0.00612. The first kappa shape index (κ1) is 20.8. The lowest BCUT2D eigenvalue weighted by atomic mass is 10.1. The van der Waals surface area contributed by atoms with Gasteiger partial charge in [0.2, 0.25) is 6.79 Å². The van der Waals surface area contributed by atoms with E-state index >= 15 is 0 Å². The van der Waals surface area contributed by atoms with Gasteiger partial charge in [-0.25, -0.2) is 0 Å². The van der Waals surface area contributed by atoms with Crippen LogP contribution in [-0.2, 0) is 20.9 Å². The predicted molar refractivity (Wildman–Crippen MR) is 101 cm³/mol. The Morgan fingerprint density at radius 2 is 1.93 bits per heavy atom. The van der Waals surface area contributed by atoms with Crippen LogP contribution in [0.1, 0.15) is 28.7 Å². The van der Waals surface area contributed by atoms with E-state index < -0.39 is 30.0 Å². The molecule has 2 aromatic rings. The first-order valence-electron chi connectivity index (χ1n) is 8.75. The highest BCUT2D eigenvalue weighted by atomic mass is 16.7. The minimum Gasteiger partial charge on any atom is -0.454 e. The molecule has 2 heterocycles. The van der Waals surface area contributed by atoms with Crippen LogP contribution in [0.4, 0.5) is 11.4 Å². The molecule has 12 heteroatoms. The Morgan fingerprint density at radius 3 is 2.53 bits per heavy atom. The number of aromatic nitrogens is 2. The number of rotatable bonds is 7. The van der Waals surface area contributed by atoms with Gasteiger partial charge >= 0.3 is 11.7 Å². The summed E-state index contributed by atoms with van der Waals surface area (Å²) in [6.07, 6.45) is 0. The van der Waals surface area contributed by atoms with Gasteiger partial charge in [-0.3, -0.25) is 29.2 Å². The lowest BCUT2D eigenvalue weighted by Gasteiger charge is -2.11. The van der Waals surface area contributed by atoms with Gasteiger partial charge in [0.05, 0.1) is 10.6 Å². The van der Waals surface area contributed by atoms with Crippen LogP contribution in [0.25, 0.3) is 0 Å². The second-order valence-corrected chi connectivity index (χ2v) is 6.45. The van der Waals surface area contributed by atoms with Crippen molar-refractivity contribution in [2.75, 3.05) is 18.7 Å². The zero-order chi connectivity index (χ0) is 22.0. The van der Waals surface area contributed by atoms with Crippen molar-refractivity contribution in [3.8, 4) is 11.5 Å². The van der Waals surface area contributed by atoms with Crippen molar-refractivity contribution in [3.63, 3.8) is 0 Å². The van der Waals surface area contributed by atoms with E-state index in [1.165, 1.54) is 32.9 Å². The monoisotopic (exact) mass is 418 g/mol. The molecule has 1 aromatic carbocycles. The summed E-state index contributed by atoms with van der Waals surface area (Å²) < 4.78 is 16.5. The van der Waals surface area contributed by atoms with E-state index in [0.717, 1.165) is 4.68 Å².